The number of nitrogens with zero attached hydrogens (tertiary/aromatic N) is 1. The normalized spacial score (nSPS) is 9.53. The number of pyridine rings is 1. The van der Waals surface area contributed by atoms with Crippen LogP contribution in [-0.2, 0) is 9.59 Å². The summed E-state index contributed by atoms with van der Waals surface area (Å²) >= 11 is 5.78. The molecule has 1 heterocycles. The summed E-state index contributed by atoms with van der Waals surface area (Å²) in [5.74, 6) is -0.527. The first-order valence-corrected chi connectivity index (χ1v) is 4.58. The molecule has 0 aliphatic rings. The highest BCUT2D eigenvalue weighted by Crippen LogP contribution is 2.27. The molecule has 0 aromatic carbocycles. The molecule has 2 N–H and O–H groups in total. The van der Waals surface area contributed by atoms with E-state index in [4.69, 9.17) is 11.6 Å². The summed E-state index contributed by atoms with van der Waals surface area (Å²) in [6.07, 6.45) is 1.44. The van der Waals surface area contributed by atoms with E-state index in [2.05, 4.69) is 15.6 Å². The van der Waals surface area contributed by atoms with Crippen LogP contribution < -0.4 is 10.6 Å². The van der Waals surface area contributed by atoms with Crippen LogP contribution >= 0.6 is 11.6 Å². The van der Waals surface area contributed by atoms with Crippen molar-refractivity contribution >= 4 is 34.8 Å². The fourth-order valence-electron chi connectivity index (χ4n) is 1.03. The fourth-order valence-corrected chi connectivity index (χ4v) is 1.23. The Balaban J connectivity index is 3.08. The Morgan fingerprint density at radius 3 is 2.40 bits per heavy atom. The Morgan fingerprint density at radius 1 is 1.27 bits per heavy atom. The van der Waals surface area contributed by atoms with E-state index in [1.165, 1.54) is 20.0 Å². The van der Waals surface area contributed by atoms with Gasteiger partial charge in [-0.3, -0.25) is 9.59 Å². The second-order valence-electron chi connectivity index (χ2n) is 2.89. The lowest BCUT2D eigenvalue weighted by atomic mass is 10.3. The first-order valence-electron chi connectivity index (χ1n) is 4.20. The molecule has 0 aliphatic carbocycles. The predicted octanol–water partition coefficient (Wildman–Crippen LogP) is 1.65. The molecule has 0 atom stereocenters. The SMILES string of the molecule is CC(=O)Nc1ccnc(Cl)c1NC(C)=O. The number of rotatable bonds is 2. The van der Waals surface area contributed by atoms with Crippen molar-refractivity contribution in [3.63, 3.8) is 0 Å². The Hall–Kier alpha value is -1.62. The smallest absolute Gasteiger partial charge is 0.221 e. The minimum atomic E-state index is -0.281. The van der Waals surface area contributed by atoms with E-state index < -0.39 is 0 Å². The first-order chi connectivity index (χ1) is 7.00. The van der Waals surface area contributed by atoms with E-state index in [0.717, 1.165) is 0 Å². The molecule has 0 radical (unpaired) electrons. The van der Waals surface area contributed by atoms with Crippen molar-refractivity contribution in [3.8, 4) is 0 Å². The topological polar surface area (TPSA) is 71.1 Å². The summed E-state index contributed by atoms with van der Waals surface area (Å²) in [5, 5.41) is 5.18. The minimum Gasteiger partial charge on any atom is -0.324 e. The second-order valence-corrected chi connectivity index (χ2v) is 3.24. The quantitative estimate of drug-likeness (QED) is 0.755. The van der Waals surface area contributed by atoms with Gasteiger partial charge < -0.3 is 10.6 Å². The zero-order chi connectivity index (χ0) is 11.4. The van der Waals surface area contributed by atoms with E-state index in [9.17, 15) is 9.59 Å². The number of halogens is 1. The Morgan fingerprint density at radius 2 is 1.87 bits per heavy atom. The average Bonchev–Trinajstić information content (AvgIpc) is 2.09. The van der Waals surface area contributed by atoms with Gasteiger partial charge in [-0.05, 0) is 6.07 Å². The summed E-state index contributed by atoms with van der Waals surface area (Å²) in [6, 6.07) is 1.55. The molecule has 0 aliphatic heterocycles. The third-order valence-corrected chi connectivity index (χ3v) is 1.80. The van der Waals surface area contributed by atoms with Crippen LogP contribution in [0.4, 0.5) is 11.4 Å². The van der Waals surface area contributed by atoms with Gasteiger partial charge in [-0.15, -0.1) is 0 Å². The third-order valence-electron chi connectivity index (χ3n) is 1.52. The van der Waals surface area contributed by atoms with Gasteiger partial charge in [0, 0.05) is 20.0 Å². The van der Waals surface area contributed by atoms with Gasteiger partial charge in [-0.2, -0.15) is 0 Å². The van der Waals surface area contributed by atoms with Crippen molar-refractivity contribution in [1.82, 2.24) is 4.98 Å². The van der Waals surface area contributed by atoms with Crippen LogP contribution in [-0.4, -0.2) is 16.8 Å². The van der Waals surface area contributed by atoms with Crippen molar-refractivity contribution < 1.29 is 9.59 Å². The number of amides is 2. The summed E-state index contributed by atoms with van der Waals surface area (Å²) in [5.41, 5.74) is 0.736. The first kappa shape index (κ1) is 11.5. The molecular formula is C9H10ClN3O2. The molecule has 1 aromatic rings. The summed E-state index contributed by atoms with van der Waals surface area (Å²) < 4.78 is 0. The second kappa shape index (κ2) is 4.75. The molecular weight excluding hydrogens is 218 g/mol. The lowest BCUT2D eigenvalue weighted by molar-refractivity contribution is -0.115. The van der Waals surface area contributed by atoms with E-state index in [-0.39, 0.29) is 17.0 Å². The molecule has 0 bridgehead atoms. The van der Waals surface area contributed by atoms with Crippen LogP contribution in [0.15, 0.2) is 12.3 Å². The number of carbonyl (C=O) groups excluding carboxylic acids is 2. The van der Waals surface area contributed by atoms with E-state index in [0.29, 0.717) is 11.4 Å². The molecule has 0 fully saturated rings. The molecule has 1 aromatic heterocycles. The summed E-state index contributed by atoms with van der Waals surface area (Å²) in [7, 11) is 0. The highest BCUT2D eigenvalue weighted by molar-refractivity contribution is 6.33. The number of hydrogen-bond acceptors (Lipinski definition) is 3. The van der Waals surface area contributed by atoms with Gasteiger partial charge in [-0.1, -0.05) is 11.6 Å². The zero-order valence-corrected chi connectivity index (χ0v) is 9.05. The number of hydrogen-bond donors (Lipinski definition) is 2. The number of carbonyl (C=O) groups is 2. The minimum absolute atomic E-state index is 0.136. The van der Waals surface area contributed by atoms with Gasteiger partial charge in [0.15, 0.2) is 5.15 Å². The Labute approximate surface area is 91.8 Å². The van der Waals surface area contributed by atoms with E-state index in [1.54, 1.807) is 6.07 Å². The van der Waals surface area contributed by atoms with Crippen LogP contribution in [0.25, 0.3) is 0 Å². The zero-order valence-electron chi connectivity index (χ0n) is 8.30. The summed E-state index contributed by atoms with van der Waals surface area (Å²) in [4.78, 5) is 25.6. The predicted molar refractivity (Wildman–Crippen MR) is 57.9 cm³/mol. The van der Waals surface area contributed by atoms with Gasteiger partial charge in [0.2, 0.25) is 11.8 Å². The number of anilines is 2. The number of aromatic nitrogens is 1. The van der Waals surface area contributed by atoms with Crippen molar-refractivity contribution in [3.05, 3.63) is 17.4 Å². The molecule has 0 spiro atoms. The van der Waals surface area contributed by atoms with Gasteiger partial charge >= 0.3 is 0 Å². The monoisotopic (exact) mass is 227 g/mol. The molecule has 2 amide bonds. The maximum atomic E-state index is 10.9. The van der Waals surface area contributed by atoms with E-state index in [1.807, 2.05) is 0 Å². The third kappa shape index (κ3) is 3.21. The van der Waals surface area contributed by atoms with Crippen LogP contribution in [0.5, 0.6) is 0 Å². The molecule has 5 nitrogen and oxygen atoms in total. The molecule has 6 heteroatoms. The lowest BCUT2D eigenvalue weighted by Gasteiger charge is -2.10. The van der Waals surface area contributed by atoms with Crippen molar-refractivity contribution in [2.45, 2.75) is 13.8 Å². The van der Waals surface area contributed by atoms with E-state index >= 15 is 0 Å². The maximum Gasteiger partial charge on any atom is 0.221 e. The van der Waals surface area contributed by atoms with Crippen LogP contribution in [0.1, 0.15) is 13.8 Å². The van der Waals surface area contributed by atoms with Crippen LogP contribution in [0.3, 0.4) is 0 Å². The van der Waals surface area contributed by atoms with Crippen LogP contribution in [0, 0.1) is 0 Å². The lowest BCUT2D eigenvalue weighted by Crippen LogP contribution is -2.13. The van der Waals surface area contributed by atoms with Crippen molar-refractivity contribution in [1.29, 1.82) is 0 Å². The maximum absolute atomic E-state index is 10.9. The standard InChI is InChI=1S/C9H10ClN3O2/c1-5(14)12-7-3-4-11-9(10)8(7)13-6(2)15/h3-4H,1-2H3,(H,13,15)(H,11,12,14). The molecule has 80 valence electrons. The Kier molecular flexibility index (Phi) is 3.62. The molecule has 1 rings (SSSR count). The highest BCUT2D eigenvalue weighted by atomic mass is 35.5. The molecule has 15 heavy (non-hydrogen) atoms. The molecule has 0 saturated carbocycles. The summed E-state index contributed by atoms with van der Waals surface area (Å²) in [6.45, 7) is 2.72. The average molecular weight is 228 g/mol. The van der Waals surface area contributed by atoms with Gasteiger partial charge in [0.1, 0.15) is 5.69 Å². The van der Waals surface area contributed by atoms with Gasteiger partial charge in [0.05, 0.1) is 5.69 Å². The van der Waals surface area contributed by atoms with Crippen molar-refractivity contribution in [2.24, 2.45) is 0 Å². The largest absolute Gasteiger partial charge is 0.324 e. The van der Waals surface area contributed by atoms with Gasteiger partial charge in [0.25, 0.3) is 0 Å². The molecule has 0 unspecified atom stereocenters. The number of nitrogens with one attached hydrogen (secondary N) is 2. The van der Waals surface area contributed by atoms with Crippen LogP contribution in [0.2, 0.25) is 5.15 Å². The van der Waals surface area contributed by atoms with Gasteiger partial charge in [-0.25, -0.2) is 4.98 Å². The fraction of sp³-hybridized carbons (Fsp3) is 0.222. The highest BCUT2D eigenvalue weighted by Gasteiger charge is 2.10. The Bertz CT molecular complexity index is 406. The van der Waals surface area contributed by atoms with Crippen molar-refractivity contribution in [2.75, 3.05) is 10.6 Å². The molecule has 0 saturated heterocycles.